The van der Waals surface area contributed by atoms with Crippen LogP contribution in [0.5, 0.6) is 0 Å². The molecule has 0 amide bonds. The smallest absolute Gasteiger partial charge is 0.0277 e. The highest BCUT2D eigenvalue weighted by atomic mass is 15.3. The van der Waals surface area contributed by atoms with Crippen LogP contribution in [0.4, 0.5) is 0 Å². The van der Waals surface area contributed by atoms with Crippen LogP contribution in [0.1, 0.15) is 53.9 Å². The molecule has 3 heteroatoms. The van der Waals surface area contributed by atoms with Gasteiger partial charge in [-0.15, -0.1) is 0 Å². The standard InChI is InChI=1S/C17H35N3/c1-7-18-15-14(9-8-10-16(15,2)3)20-12-11-19(6)17(4,5)13-20/h14-15,18H,7-13H2,1-6H3. The molecule has 1 heterocycles. The fraction of sp³-hybridized carbons (Fsp3) is 1.00. The van der Waals surface area contributed by atoms with Crippen molar-refractivity contribution in [3.63, 3.8) is 0 Å². The molecule has 118 valence electrons. The number of hydrogen-bond acceptors (Lipinski definition) is 3. The lowest BCUT2D eigenvalue weighted by Crippen LogP contribution is -2.65. The molecule has 3 nitrogen and oxygen atoms in total. The number of hydrogen-bond donors (Lipinski definition) is 1. The van der Waals surface area contributed by atoms with Gasteiger partial charge in [-0.1, -0.05) is 27.2 Å². The van der Waals surface area contributed by atoms with Crippen LogP contribution in [0, 0.1) is 5.41 Å². The summed E-state index contributed by atoms with van der Waals surface area (Å²) in [5.41, 5.74) is 0.725. The highest BCUT2D eigenvalue weighted by Gasteiger charge is 2.43. The second-order valence-electron chi connectivity index (χ2n) is 8.19. The van der Waals surface area contributed by atoms with Gasteiger partial charge < -0.3 is 5.32 Å². The molecule has 2 aliphatic rings. The fourth-order valence-electron chi connectivity index (χ4n) is 4.20. The monoisotopic (exact) mass is 281 g/mol. The first-order chi connectivity index (χ1) is 9.28. The van der Waals surface area contributed by atoms with Crippen LogP contribution in [0.2, 0.25) is 0 Å². The van der Waals surface area contributed by atoms with E-state index in [1.54, 1.807) is 0 Å². The van der Waals surface area contributed by atoms with E-state index in [4.69, 9.17) is 0 Å². The van der Waals surface area contributed by atoms with Crippen molar-refractivity contribution in [2.75, 3.05) is 33.2 Å². The van der Waals surface area contributed by atoms with E-state index in [0.29, 0.717) is 23.0 Å². The number of likely N-dealkylation sites (N-methyl/N-ethyl adjacent to an activating group) is 2. The second-order valence-corrected chi connectivity index (χ2v) is 8.19. The van der Waals surface area contributed by atoms with Gasteiger partial charge in [-0.3, -0.25) is 9.80 Å². The van der Waals surface area contributed by atoms with E-state index in [2.05, 4.69) is 56.8 Å². The minimum Gasteiger partial charge on any atom is -0.312 e. The van der Waals surface area contributed by atoms with Crippen LogP contribution in [0.25, 0.3) is 0 Å². The third kappa shape index (κ3) is 3.20. The van der Waals surface area contributed by atoms with Crippen LogP contribution in [0.3, 0.4) is 0 Å². The minimum absolute atomic E-state index is 0.302. The molecule has 2 fully saturated rings. The molecule has 0 aromatic heterocycles. The SMILES string of the molecule is CCNC1C(N2CCN(C)C(C)(C)C2)CCCC1(C)C. The maximum atomic E-state index is 3.81. The normalized spacial score (nSPS) is 35.1. The van der Waals surface area contributed by atoms with E-state index in [0.717, 1.165) is 6.54 Å². The summed E-state index contributed by atoms with van der Waals surface area (Å²) in [4.78, 5) is 5.29. The predicted molar refractivity (Wildman–Crippen MR) is 87.2 cm³/mol. The van der Waals surface area contributed by atoms with Gasteiger partial charge in [0, 0.05) is 37.3 Å². The summed E-state index contributed by atoms with van der Waals surface area (Å²) in [6.45, 7) is 16.6. The van der Waals surface area contributed by atoms with E-state index in [1.807, 2.05) is 0 Å². The summed E-state index contributed by atoms with van der Waals surface area (Å²) < 4.78 is 0. The molecular weight excluding hydrogens is 246 g/mol. The first-order valence-corrected chi connectivity index (χ1v) is 8.46. The van der Waals surface area contributed by atoms with Gasteiger partial charge in [-0.05, 0) is 45.7 Å². The molecule has 1 N–H and O–H groups in total. The van der Waals surface area contributed by atoms with Crippen molar-refractivity contribution in [2.45, 2.75) is 71.5 Å². The number of rotatable bonds is 3. The molecule has 1 aliphatic carbocycles. The van der Waals surface area contributed by atoms with E-state index in [1.165, 1.54) is 38.9 Å². The topological polar surface area (TPSA) is 18.5 Å². The zero-order valence-electron chi connectivity index (χ0n) is 14.5. The van der Waals surface area contributed by atoms with Crippen molar-refractivity contribution < 1.29 is 0 Å². The Morgan fingerprint density at radius 3 is 2.45 bits per heavy atom. The van der Waals surface area contributed by atoms with Crippen molar-refractivity contribution >= 4 is 0 Å². The Kier molecular flexibility index (Phi) is 4.83. The summed E-state index contributed by atoms with van der Waals surface area (Å²) >= 11 is 0. The Morgan fingerprint density at radius 1 is 1.15 bits per heavy atom. The summed E-state index contributed by atoms with van der Waals surface area (Å²) in [7, 11) is 2.27. The Labute approximate surface area is 126 Å². The van der Waals surface area contributed by atoms with Crippen molar-refractivity contribution in [1.29, 1.82) is 0 Å². The molecule has 0 bridgehead atoms. The molecule has 20 heavy (non-hydrogen) atoms. The maximum absolute atomic E-state index is 3.81. The quantitative estimate of drug-likeness (QED) is 0.858. The van der Waals surface area contributed by atoms with Gasteiger partial charge in [-0.2, -0.15) is 0 Å². The van der Waals surface area contributed by atoms with Crippen LogP contribution < -0.4 is 5.32 Å². The van der Waals surface area contributed by atoms with Crippen molar-refractivity contribution in [3.8, 4) is 0 Å². The first-order valence-electron chi connectivity index (χ1n) is 8.46. The van der Waals surface area contributed by atoms with Gasteiger partial charge in [0.1, 0.15) is 0 Å². The molecule has 0 aromatic rings. The van der Waals surface area contributed by atoms with Gasteiger partial charge >= 0.3 is 0 Å². The Balaban J connectivity index is 2.13. The number of nitrogens with one attached hydrogen (secondary N) is 1. The third-order valence-electron chi connectivity index (χ3n) is 5.79. The lowest BCUT2D eigenvalue weighted by atomic mass is 9.70. The van der Waals surface area contributed by atoms with E-state index in [-0.39, 0.29) is 0 Å². The lowest BCUT2D eigenvalue weighted by molar-refractivity contribution is -0.0237. The third-order valence-corrected chi connectivity index (χ3v) is 5.79. The first kappa shape index (κ1) is 16.3. The van der Waals surface area contributed by atoms with Gasteiger partial charge in [0.05, 0.1) is 0 Å². The average molecular weight is 281 g/mol. The Hall–Kier alpha value is -0.120. The molecule has 1 aliphatic heterocycles. The molecule has 2 rings (SSSR count). The summed E-state index contributed by atoms with van der Waals surface area (Å²) in [5, 5.41) is 3.81. The van der Waals surface area contributed by atoms with Crippen LogP contribution in [-0.2, 0) is 0 Å². The average Bonchev–Trinajstić information content (AvgIpc) is 2.35. The summed E-state index contributed by atoms with van der Waals surface area (Å²) in [6, 6.07) is 1.35. The fourth-order valence-corrected chi connectivity index (χ4v) is 4.20. The molecule has 0 radical (unpaired) electrons. The van der Waals surface area contributed by atoms with E-state index < -0.39 is 0 Å². The van der Waals surface area contributed by atoms with Crippen LogP contribution >= 0.6 is 0 Å². The molecule has 1 saturated heterocycles. The predicted octanol–water partition coefficient (Wildman–Crippen LogP) is 2.57. The van der Waals surface area contributed by atoms with Gasteiger partial charge in [0.25, 0.3) is 0 Å². The zero-order valence-corrected chi connectivity index (χ0v) is 14.5. The van der Waals surface area contributed by atoms with Gasteiger partial charge in [0.2, 0.25) is 0 Å². The van der Waals surface area contributed by atoms with Crippen LogP contribution in [-0.4, -0.2) is 60.6 Å². The molecule has 0 spiro atoms. The van der Waals surface area contributed by atoms with Crippen LogP contribution in [0.15, 0.2) is 0 Å². The van der Waals surface area contributed by atoms with E-state index >= 15 is 0 Å². The highest BCUT2D eigenvalue weighted by molar-refractivity contribution is 5.01. The lowest BCUT2D eigenvalue weighted by Gasteiger charge is -2.54. The highest BCUT2D eigenvalue weighted by Crippen LogP contribution is 2.38. The van der Waals surface area contributed by atoms with Crippen molar-refractivity contribution in [1.82, 2.24) is 15.1 Å². The summed E-state index contributed by atoms with van der Waals surface area (Å²) in [5.74, 6) is 0. The van der Waals surface area contributed by atoms with Crippen molar-refractivity contribution in [2.24, 2.45) is 5.41 Å². The van der Waals surface area contributed by atoms with Gasteiger partial charge in [0.15, 0.2) is 0 Å². The Morgan fingerprint density at radius 2 is 1.85 bits per heavy atom. The molecule has 0 aromatic carbocycles. The second kappa shape index (κ2) is 5.94. The summed E-state index contributed by atoms with van der Waals surface area (Å²) in [6.07, 6.45) is 4.10. The minimum atomic E-state index is 0.302. The zero-order chi connectivity index (χ0) is 15.0. The molecular formula is C17H35N3. The molecule has 2 atom stereocenters. The molecule has 2 unspecified atom stereocenters. The number of piperazine rings is 1. The number of nitrogens with zero attached hydrogens (tertiary/aromatic N) is 2. The van der Waals surface area contributed by atoms with E-state index in [9.17, 15) is 0 Å². The van der Waals surface area contributed by atoms with Crippen molar-refractivity contribution in [3.05, 3.63) is 0 Å². The molecule has 1 saturated carbocycles. The maximum Gasteiger partial charge on any atom is 0.0277 e. The Bertz CT molecular complexity index is 324. The largest absolute Gasteiger partial charge is 0.312 e. The van der Waals surface area contributed by atoms with Gasteiger partial charge in [-0.25, -0.2) is 0 Å².